The molecular weight excluding hydrogens is 162 g/mol. The number of aryl methyl sites for hydroxylation is 2. The molecule has 0 aliphatic heterocycles. The van der Waals surface area contributed by atoms with Crippen molar-refractivity contribution in [3.05, 3.63) is 29.3 Å². The third-order valence-corrected chi connectivity index (χ3v) is 2.22. The van der Waals surface area contributed by atoms with Gasteiger partial charge < -0.3 is 10.8 Å². The van der Waals surface area contributed by atoms with Crippen LogP contribution in [0.4, 0.5) is 0 Å². The second-order valence-electron chi connectivity index (χ2n) is 3.20. The Balaban J connectivity index is 2.79. The number of benzene rings is 1. The van der Waals surface area contributed by atoms with Crippen molar-refractivity contribution < 1.29 is 5.11 Å². The van der Waals surface area contributed by atoms with E-state index in [4.69, 9.17) is 5.73 Å². The molecule has 0 radical (unpaired) electrons. The average molecular weight is 179 g/mol. The first kappa shape index (κ1) is 10.1. The number of hydrogen-bond acceptors (Lipinski definition) is 2. The van der Waals surface area contributed by atoms with Gasteiger partial charge in [-0.3, -0.25) is 0 Å². The van der Waals surface area contributed by atoms with Gasteiger partial charge in [0.2, 0.25) is 0 Å². The fourth-order valence-electron chi connectivity index (χ4n) is 1.48. The zero-order valence-corrected chi connectivity index (χ0v) is 8.09. The van der Waals surface area contributed by atoms with Crippen molar-refractivity contribution in [3.63, 3.8) is 0 Å². The third-order valence-electron chi connectivity index (χ3n) is 2.22. The molecule has 0 aliphatic rings. The maximum Gasteiger partial charge on any atom is 0.115 e. The molecule has 0 fully saturated rings. The number of nitrogens with two attached hydrogens (primary N) is 1. The van der Waals surface area contributed by atoms with Crippen molar-refractivity contribution in [2.45, 2.75) is 26.2 Å². The van der Waals surface area contributed by atoms with E-state index in [1.54, 1.807) is 6.07 Å². The summed E-state index contributed by atoms with van der Waals surface area (Å²) >= 11 is 0. The SMILES string of the molecule is CCc1cc(O)ccc1CCCN. The minimum absolute atomic E-state index is 0.355. The Labute approximate surface area is 79.4 Å². The lowest BCUT2D eigenvalue weighted by Gasteiger charge is -2.07. The van der Waals surface area contributed by atoms with Crippen LogP contribution in [0.15, 0.2) is 18.2 Å². The summed E-state index contributed by atoms with van der Waals surface area (Å²) in [5.41, 5.74) is 7.99. The van der Waals surface area contributed by atoms with Crippen LogP contribution < -0.4 is 5.73 Å². The minimum atomic E-state index is 0.355. The van der Waals surface area contributed by atoms with Gasteiger partial charge in [0.1, 0.15) is 5.75 Å². The van der Waals surface area contributed by atoms with E-state index in [0.29, 0.717) is 5.75 Å². The number of aromatic hydroxyl groups is 1. The van der Waals surface area contributed by atoms with Gasteiger partial charge in [-0.1, -0.05) is 13.0 Å². The highest BCUT2D eigenvalue weighted by Crippen LogP contribution is 2.18. The highest BCUT2D eigenvalue weighted by Gasteiger charge is 2.00. The van der Waals surface area contributed by atoms with Crippen molar-refractivity contribution in [1.29, 1.82) is 0 Å². The quantitative estimate of drug-likeness (QED) is 0.741. The molecule has 0 saturated carbocycles. The molecule has 0 aliphatic carbocycles. The highest BCUT2D eigenvalue weighted by atomic mass is 16.3. The smallest absolute Gasteiger partial charge is 0.115 e. The molecule has 0 atom stereocenters. The molecule has 3 N–H and O–H groups in total. The van der Waals surface area contributed by atoms with Crippen LogP contribution in [0.3, 0.4) is 0 Å². The van der Waals surface area contributed by atoms with Crippen LogP contribution in [0.25, 0.3) is 0 Å². The lowest BCUT2D eigenvalue weighted by molar-refractivity contribution is 0.474. The summed E-state index contributed by atoms with van der Waals surface area (Å²) < 4.78 is 0. The monoisotopic (exact) mass is 179 g/mol. The van der Waals surface area contributed by atoms with Crippen LogP contribution >= 0.6 is 0 Å². The molecule has 0 aromatic heterocycles. The van der Waals surface area contributed by atoms with Crippen molar-refractivity contribution in [1.82, 2.24) is 0 Å². The first-order valence-electron chi connectivity index (χ1n) is 4.78. The molecule has 72 valence electrons. The van der Waals surface area contributed by atoms with Gasteiger partial charge in [0, 0.05) is 0 Å². The van der Waals surface area contributed by atoms with E-state index < -0.39 is 0 Å². The Morgan fingerprint density at radius 1 is 1.31 bits per heavy atom. The van der Waals surface area contributed by atoms with Crippen molar-refractivity contribution in [2.24, 2.45) is 5.73 Å². The lowest BCUT2D eigenvalue weighted by Crippen LogP contribution is -2.02. The van der Waals surface area contributed by atoms with Gasteiger partial charge in [-0.2, -0.15) is 0 Å². The second kappa shape index (κ2) is 4.87. The highest BCUT2D eigenvalue weighted by molar-refractivity contribution is 5.34. The summed E-state index contributed by atoms with van der Waals surface area (Å²) in [5, 5.41) is 9.27. The molecule has 2 nitrogen and oxygen atoms in total. The predicted octanol–water partition coefficient (Wildman–Crippen LogP) is 1.85. The van der Waals surface area contributed by atoms with E-state index in [2.05, 4.69) is 6.92 Å². The average Bonchev–Trinajstić information content (AvgIpc) is 2.16. The van der Waals surface area contributed by atoms with E-state index >= 15 is 0 Å². The van der Waals surface area contributed by atoms with Crippen LogP contribution in [0.2, 0.25) is 0 Å². The number of rotatable bonds is 4. The number of phenolic OH excluding ortho intramolecular Hbond substituents is 1. The predicted molar refractivity (Wildman–Crippen MR) is 54.9 cm³/mol. The van der Waals surface area contributed by atoms with Gasteiger partial charge in [-0.15, -0.1) is 0 Å². The molecule has 1 aromatic carbocycles. The minimum Gasteiger partial charge on any atom is -0.508 e. The van der Waals surface area contributed by atoms with Crippen LogP contribution in [0.5, 0.6) is 5.75 Å². The fraction of sp³-hybridized carbons (Fsp3) is 0.455. The van der Waals surface area contributed by atoms with Crippen LogP contribution in [-0.4, -0.2) is 11.7 Å². The van der Waals surface area contributed by atoms with E-state index in [0.717, 1.165) is 25.8 Å². The molecule has 13 heavy (non-hydrogen) atoms. The Morgan fingerprint density at radius 2 is 2.08 bits per heavy atom. The summed E-state index contributed by atoms with van der Waals surface area (Å²) in [6.07, 6.45) is 2.99. The van der Waals surface area contributed by atoms with Crippen molar-refractivity contribution in [2.75, 3.05) is 6.54 Å². The molecular formula is C11H17NO. The van der Waals surface area contributed by atoms with E-state index in [1.165, 1.54) is 11.1 Å². The largest absolute Gasteiger partial charge is 0.508 e. The Bertz CT molecular complexity index is 271. The maximum atomic E-state index is 9.27. The molecule has 2 heteroatoms. The Hall–Kier alpha value is -1.02. The van der Waals surface area contributed by atoms with Gasteiger partial charge in [0.05, 0.1) is 0 Å². The van der Waals surface area contributed by atoms with Crippen LogP contribution in [0.1, 0.15) is 24.5 Å². The van der Waals surface area contributed by atoms with E-state index in [9.17, 15) is 5.11 Å². The molecule has 0 saturated heterocycles. The maximum absolute atomic E-state index is 9.27. The Kier molecular flexibility index (Phi) is 3.77. The molecule has 0 unspecified atom stereocenters. The topological polar surface area (TPSA) is 46.2 Å². The summed E-state index contributed by atoms with van der Waals surface area (Å²) in [6.45, 7) is 2.82. The fourth-order valence-corrected chi connectivity index (χ4v) is 1.48. The molecule has 0 amide bonds. The van der Waals surface area contributed by atoms with Crippen LogP contribution in [-0.2, 0) is 12.8 Å². The molecule has 0 spiro atoms. The third kappa shape index (κ3) is 2.74. The van der Waals surface area contributed by atoms with Gasteiger partial charge in [0.25, 0.3) is 0 Å². The van der Waals surface area contributed by atoms with Gasteiger partial charge in [0.15, 0.2) is 0 Å². The first-order valence-corrected chi connectivity index (χ1v) is 4.78. The molecule has 1 aromatic rings. The first-order chi connectivity index (χ1) is 6.27. The number of phenols is 1. The van der Waals surface area contributed by atoms with E-state index in [-0.39, 0.29) is 0 Å². The van der Waals surface area contributed by atoms with Gasteiger partial charge in [-0.05, 0) is 49.1 Å². The van der Waals surface area contributed by atoms with Crippen LogP contribution in [0, 0.1) is 0 Å². The number of hydrogen-bond donors (Lipinski definition) is 2. The summed E-state index contributed by atoms with van der Waals surface area (Å²) in [7, 11) is 0. The van der Waals surface area contributed by atoms with Crippen molar-refractivity contribution in [3.8, 4) is 5.75 Å². The van der Waals surface area contributed by atoms with Gasteiger partial charge in [-0.25, -0.2) is 0 Å². The summed E-state index contributed by atoms with van der Waals surface area (Å²) in [6, 6.07) is 5.57. The molecule has 1 rings (SSSR count). The zero-order chi connectivity index (χ0) is 9.68. The normalized spacial score (nSPS) is 10.3. The van der Waals surface area contributed by atoms with Crippen molar-refractivity contribution >= 4 is 0 Å². The zero-order valence-electron chi connectivity index (χ0n) is 8.09. The molecule has 0 bridgehead atoms. The molecule has 0 heterocycles. The standard InChI is InChI=1S/C11H17NO/c1-2-9-8-11(13)6-5-10(9)4-3-7-12/h5-6,8,13H,2-4,7,12H2,1H3. The lowest BCUT2D eigenvalue weighted by atomic mass is 10.0. The van der Waals surface area contributed by atoms with Gasteiger partial charge >= 0.3 is 0 Å². The summed E-state index contributed by atoms with van der Waals surface area (Å²) in [4.78, 5) is 0. The Morgan fingerprint density at radius 3 is 2.69 bits per heavy atom. The van der Waals surface area contributed by atoms with E-state index in [1.807, 2.05) is 12.1 Å². The summed E-state index contributed by atoms with van der Waals surface area (Å²) in [5.74, 6) is 0.355. The second-order valence-corrected chi connectivity index (χ2v) is 3.20.